The smallest absolute Gasteiger partial charge is 0.141 e. The van der Waals surface area contributed by atoms with E-state index in [1.807, 2.05) is 0 Å². The van der Waals surface area contributed by atoms with Gasteiger partial charge >= 0.3 is 0 Å². The van der Waals surface area contributed by atoms with Crippen LogP contribution in [0.2, 0.25) is 0 Å². The summed E-state index contributed by atoms with van der Waals surface area (Å²) in [6, 6.07) is 2.00. The van der Waals surface area contributed by atoms with E-state index in [1.165, 1.54) is 12.3 Å². The van der Waals surface area contributed by atoms with Gasteiger partial charge in [0.2, 0.25) is 0 Å². The summed E-state index contributed by atoms with van der Waals surface area (Å²) in [5.74, 6) is 0.323. The van der Waals surface area contributed by atoms with Crippen LogP contribution in [0.3, 0.4) is 0 Å². The molecule has 2 nitrogen and oxygen atoms in total. The highest BCUT2D eigenvalue weighted by molar-refractivity contribution is 5.09. The second-order valence-electron chi connectivity index (χ2n) is 4.15. The van der Waals surface area contributed by atoms with Crippen molar-refractivity contribution in [2.75, 3.05) is 0 Å². The zero-order valence-electron chi connectivity index (χ0n) is 9.63. The Hall–Kier alpha value is -0.960. The standard InChI is InChI=1S/C12H19FN2/c1-4-12(9(2)3)15-7-10-5-11(13)8-14-6-10/h5-6,8-9,12,15H,4,7H2,1-3H3. The Morgan fingerprint density at radius 1 is 1.40 bits per heavy atom. The first kappa shape index (κ1) is 12.1. The minimum absolute atomic E-state index is 0.271. The van der Waals surface area contributed by atoms with E-state index in [0.717, 1.165) is 12.0 Å². The molecule has 0 aromatic carbocycles. The largest absolute Gasteiger partial charge is 0.310 e. The third kappa shape index (κ3) is 3.96. The first-order chi connectivity index (χ1) is 7.13. The fourth-order valence-electron chi connectivity index (χ4n) is 1.65. The second-order valence-corrected chi connectivity index (χ2v) is 4.15. The van der Waals surface area contributed by atoms with Crippen LogP contribution in [0.15, 0.2) is 18.5 Å². The molecule has 0 spiro atoms. The molecule has 0 radical (unpaired) electrons. The molecule has 0 aliphatic rings. The van der Waals surface area contributed by atoms with E-state index in [1.54, 1.807) is 6.20 Å². The normalized spacial score (nSPS) is 13.1. The predicted molar refractivity (Wildman–Crippen MR) is 60.0 cm³/mol. The average Bonchev–Trinajstić information content (AvgIpc) is 2.18. The molecule has 0 bridgehead atoms. The van der Waals surface area contributed by atoms with Gasteiger partial charge in [0.15, 0.2) is 0 Å². The van der Waals surface area contributed by atoms with Gasteiger partial charge in [-0.2, -0.15) is 0 Å². The fourth-order valence-corrected chi connectivity index (χ4v) is 1.65. The lowest BCUT2D eigenvalue weighted by atomic mass is 10.0. The van der Waals surface area contributed by atoms with Crippen molar-refractivity contribution in [3.8, 4) is 0 Å². The van der Waals surface area contributed by atoms with Crippen molar-refractivity contribution in [1.29, 1.82) is 0 Å². The van der Waals surface area contributed by atoms with E-state index in [9.17, 15) is 4.39 Å². The maximum absolute atomic E-state index is 12.8. The van der Waals surface area contributed by atoms with Gasteiger partial charge in [-0.1, -0.05) is 20.8 Å². The molecule has 0 aliphatic heterocycles. The van der Waals surface area contributed by atoms with Gasteiger partial charge in [-0.15, -0.1) is 0 Å². The topological polar surface area (TPSA) is 24.9 Å². The molecule has 1 heterocycles. The van der Waals surface area contributed by atoms with Crippen molar-refractivity contribution in [3.63, 3.8) is 0 Å². The molecule has 15 heavy (non-hydrogen) atoms. The number of halogens is 1. The summed E-state index contributed by atoms with van der Waals surface area (Å²) in [5.41, 5.74) is 0.897. The van der Waals surface area contributed by atoms with Gasteiger partial charge in [0, 0.05) is 18.8 Å². The summed E-state index contributed by atoms with van der Waals surface area (Å²) < 4.78 is 12.8. The van der Waals surface area contributed by atoms with E-state index >= 15 is 0 Å². The van der Waals surface area contributed by atoms with E-state index in [0.29, 0.717) is 18.5 Å². The van der Waals surface area contributed by atoms with Gasteiger partial charge in [0.1, 0.15) is 5.82 Å². The van der Waals surface area contributed by atoms with E-state index in [-0.39, 0.29) is 5.82 Å². The molecule has 0 aliphatic carbocycles. The molecule has 84 valence electrons. The monoisotopic (exact) mass is 210 g/mol. The van der Waals surface area contributed by atoms with Gasteiger partial charge in [0.05, 0.1) is 6.20 Å². The average molecular weight is 210 g/mol. The van der Waals surface area contributed by atoms with Crippen molar-refractivity contribution in [2.45, 2.75) is 39.8 Å². The Balaban J connectivity index is 2.49. The van der Waals surface area contributed by atoms with Crippen LogP contribution >= 0.6 is 0 Å². The lowest BCUT2D eigenvalue weighted by Gasteiger charge is -2.20. The van der Waals surface area contributed by atoms with E-state index < -0.39 is 0 Å². The zero-order valence-corrected chi connectivity index (χ0v) is 9.63. The summed E-state index contributed by atoms with van der Waals surface area (Å²) in [7, 11) is 0. The minimum atomic E-state index is -0.271. The highest BCUT2D eigenvalue weighted by atomic mass is 19.1. The molecule has 0 fully saturated rings. The molecule has 0 amide bonds. The Morgan fingerprint density at radius 2 is 2.13 bits per heavy atom. The SMILES string of the molecule is CCC(NCc1cncc(F)c1)C(C)C. The molecule has 0 saturated heterocycles. The predicted octanol–water partition coefficient (Wildman–Crippen LogP) is 2.74. The number of hydrogen-bond acceptors (Lipinski definition) is 2. The number of nitrogens with zero attached hydrogens (tertiary/aromatic N) is 1. The molecule has 1 unspecified atom stereocenters. The first-order valence-electron chi connectivity index (χ1n) is 5.46. The number of hydrogen-bond donors (Lipinski definition) is 1. The van der Waals surface area contributed by atoms with Crippen LogP contribution in [0.1, 0.15) is 32.8 Å². The van der Waals surface area contributed by atoms with Gasteiger partial charge in [0.25, 0.3) is 0 Å². The first-order valence-corrected chi connectivity index (χ1v) is 5.46. The molecule has 1 rings (SSSR count). The number of nitrogens with one attached hydrogen (secondary N) is 1. The summed E-state index contributed by atoms with van der Waals surface area (Å²) in [4.78, 5) is 3.82. The highest BCUT2D eigenvalue weighted by Gasteiger charge is 2.09. The number of rotatable bonds is 5. The summed E-state index contributed by atoms with van der Waals surface area (Å²) in [6.07, 6.45) is 4.01. The third-order valence-electron chi connectivity index (χ3n) is 2.57. The van der Waals surface area contributed by atoms with Crippen molar-refractivity contribution in [3.05, 3.63) is 29.8 Å². The Morgan fingerprint density at radius 3 is 2.67 bits per heavy atom. The molecule has 1 aromatic rings. The second kappa shape index (κ2) is 5.81. The molecule has 1 aromatic heterocycles. The van der Waals surface area contributed by atoms with Gasteiger partial charge in [-0.3, -0.25) is 4.98 Å². The lowest BCUT2D eigenvalue weighted by Crippen LogP contribution is -2.32. The van der Waals surface area contributed by atoms with E-state index in [4.69, 9.17) is 0 Å². The summed E-state index contributed by atoms with van der Waals surface area (Å²) in [5, 5.41) is 3.41. The summed E-state index contributed by atoms with van der Waals surface area (Å²) in [6.45, 7) is 7.21. The maximum atomic E-state index is 12.8. The molecule has 3 heteroatoms. The molecule has 0 saturated carbocycles. The zero-order chi connectivity index (χ0) is 11.3. The van der Waals surface area contributed by atoms with Crippen LogP contribution < -0.4 is 5.32 Å². The highest BCUT2D eigenvalue weighted by Crippen LogP contribution is 2.07. The van der Waals surface area contributed by atoms with Crippen LogP contribution in [0, 0.1) is 11.7 Å². The molecular weight excluding hydrogens is 191 g/mol. The van der Waals surface area contributed by atoms with Crippen LogP contribution in [-0.2, 0) is 6.54 Å². The van der Waals surface area contributed by atoms with Gasteiger partial charge in [-0.05, 0) is 24.0 Å². The number of aromatic nitrogens is 1. The number of pyridine rings is 1. The Labute approximate surface area is 90.9 Å². The van der Waals surface area contributed by atoms with Crippen LogP contribution in [0.25, 0.3) is 0 Å². The summed E-state index contributed by atoms with van der Waals surface area (Å²) >= 11 is 0. The van der Waals surface area contributed by atoms with Crippen molar-refractivity contribution in [1.82, 2.24) is 10.3 Å². The van der Waals surface area contributed by atoms with Crippen LogP contribution in [-0.4, -0.2) is 11.0 Å². The van der Waals surface area contributed by atoms with Crippen LogP contribution in [0.5, 0.6) is 0 Å². The lowest BCUT2D eigenvalue weighted by molar-refractivity contribution is 0.387. The maximum Gasteiger partial charge on any atom is 0.141 e. The third-order valence-corrected chi connectivity index (χ3v) is 2.57. The molecule has 1 N–H and O–H groups in total. The Bertz CT molecular complexity index is 299. The van der Waals surface area contributed by atoms with E-state index in [2.05, 4.69) is 31.1 Å². The van der Waals surface area contributed by atoms with Crippen LogP contribution in [0.4, 0.5) is 4.39 Å². The molecule has 1 atom stereocenters. The minimum Gasteiger partial charge on any atom is -0.310 e. The fraction of sp³-hybridized carbons (Fsp3) is 0.583. The van der Waals surface area contributed by atoms with Gasteiger partial charge < -0.3 is 5.32 Å². The van der Waals surface area contributed by atoms with Crippen molar-refractivity contribution in [2.24, 2.45) is 5.92 Å². The van der Waals surface area contributed by atoms with Crippen molar-refractivity contribution >= 4 is 0 Å². The van der Waals surface area contributed by atoms with Gasteiger partial charge in [-0.25, -0.2) is 4.39 Å². The quantitative estimate of drug-likeness (QED) is 0.808. The molecular formula is C12H19FN2. The Kier molecular flexibility index (Phi) is 4.69. The van der Waals surface area contributed by atoms with Crippen molar-refractivity contribution < 1.29 is 4.39 Å².